The molecule has 5 heteroatoms. The number of nitrogens with zero attached hydrogens (tertiary/aromatic N) is 1. The van der Waals surface area contributed by atoms with Crippen LogP contribution in [0.25, 0.3) is 0 Å². The van der Waals surface area contributed by atoms with E-state index in [9.17, 15) is 9.90 Å². The molecule has 1 aliphatic rings. The number of carboxylic acids is 1. The van der Waals surface area contributed by atoms with E-state index < -0.39 is 5.97 Å². The molecule has 1 aromatic heterocycles. The summed E-state index contributed by atoms with van der Waals surface area (Å²) < 4.78 is 5.59. The number of rotatable bonds is 4. The molecular formula is C18H21NO3S. The van der Waals surface area contributed by atoms with Crippen molar-refractivity contribution < 1.29 is 14.6 Å². The highest BCUT2D eigenvalue weighted by Crippen LogP contribution is 2.49. The zero-order valence-electron chi connectivity index (χ0n) is 13.5. The molecule has 0 bridgehead atoms. The van der Waals surface area contributed by atoms with Gasteiger partial charge >= 0.3 is 5.97 Å². The number of para-hydroxylation sites is 1. The Morgan fingerprint density at radius 1 is 1.26 bits per heavy atom. The van der Waals surface area contributed by atoms with Crippen molar-refractivity contribution in [3.63, 3.8) is 0 Å². The largest absolute Gasteiger partial charge is 0.496 e. The first-order valence-corrected chi connectivity index (χ1v) is 8.75. The van der Waals surface area contributed by atoms with Crippen LogP contribution in [-0.4, -0.2) is 23.2 Å². The van der Waals surface area contributed by atoms with E-state index in [-0.39, 0.29) is 5.41 Å². The molecule has 0 aliphatic heterocycles. The van der Waals surface area contributed by atoms with E-state index in [0.29, 0.717) is 10.6 Å². The monoisotopic (exact) mass is 331 g/mol. The summed E-state index contributed by atoms with van der Waals surface area (Å²) in [6.45, 7) is 1.78. The first-order valence-electron chi connectivity index (χ1n) is 7.93. The number of carbonyl (C=O) groups is 1. The highest BCUT2D eigenvalue weighted by molar-refractivity contribution is 7.13. The number of ether oxygens (including phenoxy) is 1. The fraction of sp³-hybridized carbons (Fsp3) is 0.444. The molecule has 1 saturated carbocycles. The van der Waals surface area contributed by atoms with E-state index in [0.717, 1.165) is 42.0 Å². The highest BCUT2D eigenvalue weighted by atomic mass is 32.1. The van der Waals surface area contributed by atoms with Crippen LogP contribution in [0.15, 0.2) is 24.3 Å². The molecule has 1 heterocycles. The summed E-state index contributed by atoms with van der Waals surface area (Å²) in [5.41, 5.74) is 1.51. The van der Waals surface area contributed by atoms with Crippen molar-refractivity contribution in [3.05, 3.63) is 45.4 Å². The van der Waals surface area contributed by atoms with Gasteiger partial charge in [0.25, 0.3) is 0 Å². The number of methoxy groups -OCH3 is 1. The molecule has 0 saturated heterocycles. The van der Waals surface area contributed by atoms with Gasteiger partial charge in [-0.05, 0) is 25.8 Å². The maximum atomic E-state index is 11.4. The molecule has 0 radical (unpaired) electrons. The zero-order chi connectivity index (χ0) is 16.4. The minimum atomic E-state index is -0.891. The standard InChI is InChI=1S/C18H21NO3S/c1-12-15(16(20)21)23-17(19-12)18(10-6-3-7-11-18)13-8-4-5-9-14(13)22-2/h4-5,8-9H,3,6-7,10-11H2,1-2H3,(H,20,21). The molecule has 4 nitrogen and oxygen atoms in total. The summed E-state index contributed by atoms with van der Waals surface area (Å²) in [5, 5.41) is 10.3. The van der Waals surface area contributed by atoms with Crippen LogP contribution in [0.2, 0.25) is 0 Å². The minimum Gasteiger partial charge on any atom is -0.496 e. The molecule has 2 aromatic rings. The number of benzene rings is 1. The molecule has 1 fully saturated rings. The number of aryl methyl sites for hydroxylation is 1. The van der Waals surface area contributed by atoms with Crippen LogP contribution in [0.5, 0.6) is 5.75 Å². The average Bonchev–Trinajstić information content (AvgIpc) is 2.98. The van der Waals surface area contributed by atoms with Crippen molar-refractivity contribution in [3.8, 4) is 5.75 Å². The SMILES string of the molecule is COc1ccccc1C1(c2nc(C)c(C(=O)O)s2)CCCCC1. The fourth-order valence-electron chi connectivity index (χ4n) is 3.59. The molecule has 23 heavy (non-hydrogen) atoms. The third-order valence-corrected chi connectivity index (χ3v) is 6.08. The summed E-state index contributed by atoms with van der Waals surface area (Å²) >= 11 is 1.32. The second-order valence-electron chi connectivity index (χ2n) is 6.08. The van der Waals surface area contributed by atoms with Crippen LogP contribution in [0.3, 0.4) is 0 Å². The summed E-state index contributed by atoms with van der Waals surface area (Å²) in [5.74, 6) is -0.0311. The molecule has 0 amide bonds. The Morgan fingerprint density at radius 2 is 1.96 bits per heavy atom. The smallest absolute Gasteiger partial charge is 0.347 e. The molecular weight excluding hydrogens is 310 g/mol. The van der Waals surface area contributed by atoms with Gasteiger partial charge in [0.1, 0.15) is 15.6 Å². The van der Waals surface area contributed by atoms with Crippen molar-refractivity contribution in [2.45, 2.75) is 44.4 Å². The Bertz CT molecular complexity index is 717. The quantitative estimate of drug-likeness (QED) is 0.901. The lowest BCUT2D eigenvalue weighted by Gasteiger charge is -2.37. The van der Waals surface area contributed by atoms with Gasteiger partial charge in [0.05, 0.1) is 18.2 Å². The first-order chi connectivity index (χ1) is 11.1. The maximum absolute atomic E-state index is 11.4. The Morgan fingerprint density at radius 3 is 2.57 bits per heavy atom. The predicted octanol–water partition coefficient (Wildman–Crippen LogP) is 4.41. The third kappa shape index (κ3) is 2.74. The van der Waals surface area contributed by atoms with Crippen LogP contribution in [0, 0.1) is 6.92 Å². The van der Waals surface area contributed by atoms with Gasteiger partial charge in [0.15, 0.2) is 0 Å². The number of aromatic nitrogens is 1. The fourth-order valence-corrected chi connectivity index (χ4v) is 4.76. The van der Waals surface area contributed by atoms with Crippen molar-refractivity contribution in [2.24, 2.45) is 0 Å². The maximum Gasteiger partial charge on any atom is 0.347 e. The second kappa shape index (κ2) is 6.32. The summed E-state index contributed by atoms with van der Waals surface area (Å²) in [6.07, 6.45) is 5.43. The summed E-state index contributed by atoms with van der Waals surface area (Å²) in [7, 11) is 1.69. The summed E-state index contributed by atoms with van der Waals surface area (Å²) in [6, 6.07) is 8.06. The van der Waals surface area contributed by atoms with Gasteiger partial charge in [-0.3, -0.25) is 0 Å². The lowest BCUT2D eigenvalue weighted by Crippen LogP contribution is -2.31. The van der Waals surface area contributed by atoms with Gasteiger partial charge in [0, 0.05) is 5.56 Å². The Balaban J connectivity index is 2.18. The topological polar surface area (TPSA) is 59.4 Å². The number of carboxylic acid groups (broad SMARTS) is 1. The van der Waals surface area contributed by atoms with E-state index in [1.807, 2.05) is 18.2 Å². The van der Waals surface area contributed by atoms with Gasteiger partial charge in [-0.1, -0.05) is 37.5 Å². The molecule has 1 aliphatic carbocycles. The molecule has 1 aromatic carbocycles. The van der Waals surface area contributed by atoms with Crippen LogP contribution < -0.4 is 4.74 Å². The molecule has 3 rings (SSSR count). The molecule has 1 N–H and O–H groups in total. The van der Waals surface area contributed by atoms with Gasteiger partial charge in [0.2, 0.25) is 0 Å². The van der Waals surface area contributed by atoms with Crippen molar-refractivity contribution in [2.75, 3.05) is 7.11 Å². The second-order valence-corrected chi connectivity index (χ2v) is 7.08. The van der Waals surface area contributed by atoms with Crippen LogP contribution >= 0.6 is 11.3 Å². The highest BCUT2D eigenvalue weighted by Gasteiger charge is 2.41. The summed E-state index contributed by atoms with van der Waals surface area (Å²) in [4.78, 5) is 16.4. The minimum absolute atomic E-state index is 0.228. The van der Waals surface area contributed by atoms with Crippen molar-refractivity contribution in [1.29, 1.82) is 0 Å². The zero-order valence-corrected chi connectivity index (χ0v) is 14.3. The van der Waals surface area contributed by atoms with Crippen LogP contribution in [-0.2, 0) is 5.41 Å². The van der Waals surface area contributed by atoms with E-state index >= 15 is 0 Å². The van der Waals surface area contributed by atoms with Gasteiger partial charge < -0.3 is 9.84 Å². The van der Waals surface area contributed by atoms with E-state index in [1.54, 1.807) is 14.0 Å². The van der Waals surface area contributed by atoms with E-state index in [2.05, 4.69) is 11.1 Å². The Kier molecular flexibility index (Phi) is 4.39. The van der Waals surface area contributed by atoms with Gasteiger partial charge in [-0.15, -0.1) is 11.3 Å². The van der Waals surface area contributed by atoms with Crippen LogP contribution in [0.4, 0.5) is 0 Å². The number of aromatic carboxylic acids is 1. The van der Waals surface area contributed by atoms with Crippen LogP contribution in [0.1, 0.15) is 58.0 Å². The Hall–Kier alpha value is -1.88. The third-order valence-electron chi connectivity index (χ3n) is 4.73. The van der Waals surface area contributed by atoms with E-state index in [1.165, 1.54) is 17.8 Å². The van der Waals surface area contributed by atoms with Gasteiger partial charge in [-0.25, -0.2) is 9.78 Å². The normalized spacial score (nSPS) is 17.0. The van der Waals surface area contributed by atoms with Gasteiger partial charge in [-0.2, -0.15) is 0 Å². The number of hydrogen-bond acceptors (Lipinski definition) is 4. The molecule has 122 valence electrons. The van der Waals surface area contributed by atoms with Crippen molar-refractivity contribution >= 4 is 17.3 Å². The molecule has 0 unspecified atom stereocenters. The first kappa shape index (κ1) is 16.0. The lowest BCUT2D eigenvalue weighted by atomic mass is 9.69. The number of thiazole rings is 1. The number of hydrogen-bond donors (Lipinski definition) is 1. The van der Waals surface area contributed by atoms with Crippen molar-refractivity contribution in [1.82, 2.24) is 4.98 Å². The average molecular weight is 331 g/mol. The molecule has 0 atom stereocenters. The molecule has 0 spiro atoms. The Labute approximate surface area is 140 Å². The van der Waals surface area contributed by atoms with E-state index in [4.69, 9.17) is 4.74 Å². The lowest BCUT2D eigenvalue weighted by molar-refractivity contribution is 0.0701. The predicted molar refractivity (Wildman–Crippen MR) is 90.7 cm³/mol.